The normalized spacial score (nSPS) is 15.7. The van der Waals surface area contributed by atoms with Crippen molar-refractivity contribution in [3.05, 3.63) is 59.7 Å². The lowest BCUT2D eigenvalue weighted by Gasteiger charge is -2.32. The highest BCUT2D eigenvalue weighted by molar-refractivity contribution is 5.94. The smallest absolute Gasteiger partial charge is 0.490 e. The van der Waals surface area contributed by atoms with Gasteiger partial charge in [0.1, 0.15) is 17.6 Å². The maximum absolute atomic E-state index is 12.8. The zero-order chi connectivity index (χ0) is 24.0. The summed E-state index contributed by atoms with van der Waals surface area (Å²) < 4.78 is 46.9. The van der Waals surface area contributed by atoms with Crippen molar-refractivity contribution in [3.8, 4) is 11.5 Å². The predicted molar refractivity (Wildman–Crippen MR) is 115 cm³/mol. The van der Waals surface area contributed by atoms with E-state index >= 15 is 0 Å². The topological polar surface area (TPSA) is 93.9 Å². The lowest BCUT2D eigenvalue weighted by atomic mass is 10.0. The summed E-state index contributed by atoms with van der Waals surface area (Å²) in [6.45, 7) is 2.91. The summed E-state index contributed by atoms with van der Waals surface area (Å²) >= 11 is 0. The maximum Gasteiger partial charge on any atom is 0.573 e. The van der Waals surface area contributed by atoms with Crippen LogP contribution in [0, 0.1) is 0 Å². The van der Waals surface area contributed by atoms with Crippen molar-refractivity contribution in [2.45, 2.75) is 38.3 Å². The molecule has 2 aromatic rings. The molecule has 1 fully saturated rings. The molecule has 0 saturated carbocycles. The number of benzene rings is 2. The van der Waals surface area contributed by atoms with Gasteiger partial charge < -0.3 is 25.4 Å². The molecule has 33 heavy (non-hydrogen) atoms. The molecular weight excluding hydrogens is 439 g/mol. The Hall–Kier alpha value is -3.27. The molecular formula is C23H26F3N3O4. The lowest BCUT2D eigenvalue weighted by molar-refractivity contribution is -0.274. The number of nitrogens with two attached hydrogens (primary N) is 1. The third-order valence-electron chi connectivity index (χ3n) is 5.31. The highest BCUT2D eigenvalue weighted by Gasteiger charge is 2.31. The van der Waals surface area contributed by atoms with Crippen LogP contribution in [-0.4, -0.2) is 48.8 Å². The highest BCUT2D eigenvalue weighted by atomic mass is 19.4. The summed E-state index contributed by atoms with van der Waals surface area (Å²) in [5.41, 5.74) is 6.62. The number of hydrogen-bond acceptors (Lipinski definition) is 5. The molecule has 7 nitrogen and oxygen atoms in total. The SMILES string of the molecule is CC(NCC(N)=O)c1ccc(C(=O)N2CCC(Oc3cccc(OC(F)(F)F)c3)CC2)cc1. The van der Waals surface area contributed by atoms with E-state index < -0.39 is 12.3 Å². The van der Waals surface area contributed by atoms with Crippen LogP contribution in [0.5, 0.6) is 11.5 Å². The Labute approximate surface area is 189 Å². The monoisotopic (exact) mass is 465 g/mol. The van der Waals surface area contributed by atoms with Gasteiger partial charge in [-0.25, -0.2) is 0 Å². The van der Waals surface area contributed by atoms with Crippen molar-refractivity contribution >= 4 is 11.8 Å². The number of nitrogens with zero attached hydrogens (tertiary/aromatic N) is 1. The van der Waals surface area contributed by atoms with Crippen molar-refractivity contribution in [2.24, 2.45) is 5.73 Å². The third kappa shape index (κ3) is 7.38. The molecule has 0 aliphatic carbocycles. The van der Waals surface area contributed by atoms with Crippen LogP contribution in [0.1, 0.15) is 41.7 Å². The fourth-order valence-corrected chi connectivity index (χ4v) is 3.58. The largest absolute Gasteiger partial charge is 0.573 e. The first kappa shape index (κ1) is 24.4. The Morgan fingerprint density at radius 1 is 1.12 bits per heavy atom. The number of amides is 2. The number of rotatable bonds is 8. The first-order valence-corrected chi connectivity index (χ1v) is 10.5. The number of alkyl halides is 3. The van der Waals surface area contributed by atoms with E-state index in [-0.39, 0.29) is 36.1 Å². The van der Waals surface area contributed by atoms with Crippen LogP contribution in [-0.2, 0) is 4.79 Å². The number of ether oxygens (including phenoxy) is 2. The predicted octanol–water partition coefficient (Wildman–Crippen LogP) is 3.40. The van der Waals surface area contributed by atoms with Crippen molar-refractivity contribution < 1.29 is 32.2 Å². The number of carbonyl (C=O) groups is 2. The number of carbonyl (C=O) groups excluding carboxylic acids is 2. The van der Waals surface area contributed by atoms with E-state index in [1.165, 1.54) is 18.2 Å². The van der Waals surface area contributed by atoms with Crippen molar-refractivity contribution in [1.82, 2.24) is 10.2 Å². The summed E-state index contributed by atoms with van der Waals surface area (Å²) in [4.78, 5) is 25.5. The molecule has 2 amide bonds. The van der Waals surface area contributed by atoms with Crippen LogP contribution in [0.4, 0.5) is 13.2 Å². The quantitative estimate of drug-likeness (QED) is 0.623. The summed E-state index contributed by atoms with van der Waals surface area (Å²) in [6.07, 6.45) is -3.86. The van der Waals surface area contributed by atoms with Crippen LogP contribution in [0.2, 0.25) is 0 Å². The van der Waals surface area contributed by atoms with E-state index in [1.807, 2.05) is 19.1 Å². The Morgan fingerprint density at radius 3 is 2.36 bits per heavy atom. The van der Waals surface area contributed by atoms with Crippen molar-refractivity contribution in [1.29, 1.82) is 0 Å². The second kappa shape index (κ2) is 10.6. The number of likely N-dealkylation sites (tertiary alicyclic amines) is 1. The Bertz CT molecular complexity index is 958. The van der Waals surface area contributed by atoms with Gasteiger partial charge in [-0.15, -0.1) is 13.2 Å². The number of halogens is 3. The van der Waals surface area contributed by atoms with Gasteiger partial charge in [-0.05, 0) is 36.8 Å². The van der Waals surface area contributed by atoms with Gasteiger partial charge in [-0.1, -0.05) is 18.2 Å². The second-order valence-electron chi connectivity index (χ2n) is 7.82. The molecule has 1 atom stereocenters. The summed E-state index contributed by atoms with van der Waals surface area (Å²) in [5, 5.41) is 3.00. The number of piperidine rings is 1. The number of hydrogen-bond donors (Lipinski definition) is 2. The fraction of sp³-hybridized carbons (Fsp3) is 0.391. The molecule has 1 saturated heterocycles. The van der Waals surface area contributed by atoms with Gasteiger partial charge in [0, 0.05) is 43.6 Å². The van der Waals surface area contributed by atoms with E-state index in [0.29, 0.717) is 31.5 Å². The molecule has 1 aliphatic rings. The van der Waals surface area contributed by atoms with Crippen LogP contribution < -0.4 is 20.5 Å². The van der Waals surface area contributed by atoms with Crippen LogP contribution >= 0.6 is 0 Å². The minimum absolute atomic E-state index is 0.0680. The van der Waals surface area contributed by atoms with Crippen LogP contribution in [0.15, 0.2) is 48.5 Å². The molecule has 3 rings (SSSR count). The molecule has 2 aromatic carbocycles. The van der Waals surface area contributed by atoms with Gasteiger partial charge >= 0.3 is 6.36 Å². The molecule has 0 spiro atoms. The lowest BCUT2D eigenvalue weighted by Crippen LogP contribution is -2.41. The van der Waals surface area contributed by atoms with Gasteiger partial charge in [0.2, 0.25) is 5.91 Å². The molecule has 1 aliphatic heterocycles. The van der Waals surface area contributed by atoms with Crippen molar-refractivity contribution in [3.63, 3.8) is 0 Å². The Morgan fingerprint density at radius 2 is 1.76 bits per heavy atom. The Kier molecular flexibility index (Phi) is 7.80. The van der Waals surface area contributed by atoms with Crippen LogP contribution in [0.25, 0.3) is 0 Å². The van der Waals surface area contributed by atoms with E-state index in [4.69, 9.17) is 10.5 Å². The molecule has 178 valence electrons. The number of primary amides is 1. The standard InChI is InChI=1S/C23H26F3N3O4/c1-15(28-14-21(27)30)16-5-7-17(8-6-16)22(31)29-11-9-18(10-12-29)32-19-3-2-4-20(13-19)33-23(24,25)26/h2-8,13,15,18,28H,9-12,14H2,1H3,(H2,27,30). The molecule has 1 unspecified atom stereocenters. The zero-order valence-corrected chi connectivity index (χ0v) is 18.1. The second-order valence-corrected chi connectivity index (χ2v) is 7.82. The molecule has 0 aromatic heterocycles. The van der Waals surface area contributed by atoms with Gasteiger partial charge in [0.15, 0.2) is 0 Å². The summed E-state index contributed by atoms with van der Waals surface area (Å²) in [6, 6.07) is 12.5. The van der Waals surface area contributed by atoms with E-state index in [1.54, 1.807) is 23.1 Å². The zero-order valence-electron chi connectivity index (χ0n) is 18.1. The first-order chi connectivity index (χ1) is 15.6. The molecule has 3 N–H and O–H groups in total. The highest BCUT2D eigenvalue weighted by Crippen LogP contribution is 2.28. The van der Waals surface area contributed by atoms with Gasteiger partial charge in [0.25, 0.3) is 5.91 Å². The summed E-state index contributed by atoms with van der Waals surface area (Å²) in [5.74, 6) is -0.590. The third-order valence-corrected chi connectivity index (χ3v) is 5.31. The minimum atomic E-state index is -4.76. The van der Waals surface area contributed by atoms with Crippen molar-refractivity contribution in [2.75, 3.05) is 19.6 Å². The number of nitrogens with one attached hydrogen (secondary N) is 1. The average molecular weight is 465 g/mol. The van der Waals surface area contributed by atoms with Gasteiger partial charge in [-0.2, -0.15) is 0 Å². The fourth-order valence-electron chi connectivity index (χ4n) is 3.58. The Balaban J connectivity index is 1.51. The molecule has 10 heteroatoms. The summed E-state index contributed by atoms with van der Waals surface area (Å²) in [7, 11) is 0. The molecule has 0 radical (unpaired) electrons. The molecule has 0 bridgehead atoms. The average Bonchev–Trinajstić information content (AvgIpc) is 2.77. The first-order valence-electron chi connectivity index (χ1n) is 10.5. The van der Waals surface area contributed by atoms with E-state index in [2.05, 4.69) is 10.1 Å². The van der Waals surface area contributed by atoms with E-state index in [9.17, 15) is 22.8 Å². The van der Waals surface area contributed by atoms with Gasteiger partial charge in [-0.3, -0.25) is 9.59 Å². The van der Waals surface area contributed by atoms with Crippen LogP contribution in [0.3, 0.4) is 0 Å². The minimum Gasteiger partial charge on any atom is -0.490 e. The van der Waals surface area contributed by atoms with E-state index in [0.717, 1.165) is 5.56 Å². The molecule has 1 heterocycles. The maximum atomic E-state index is 12.8. The van der Waals surface area contributed by atoms with Gasteiger partial charge in [0.05, 0.1) is 6.54 Å².